The maximum Gasteiger partial charge on any atom is 0.422 e. The van der Waals surface area contributed by atoms with Crippen LogP contribution in [-0.4, -0.2) is 76.6 Å². The topological polar surface area (TPSA) is 85.1 Å². The van der Waals surface area contributed by atoms with Crippen LogP contribution in [0.15, 0.2) is 36.7 Å². The van der Waals surface area contributed by atoms with E-state index in [9.17, 15) is 18.0 Å². The molecule has 3 aromatic heterocycles. The molecule has 9 nitrogen and oxygen atoms in total. The average Bonchev–Trinajstić information content (AvgIpc) is 3.43. The van der Waals surface area contributed by atoms with Crippen molar-refractivity contribution in [1.29, 1.82) is 0 Å². The van der Waals surface area contributed by atoms with Crippen LogP contribution in [0.1, 0.15) is 6.42 Å². The van der Waals surface area contributed by atoms with Crippen molar-refractivity contribution >= 4 is 17.6 Å². The molecular formula is C20H21F3N6O3. The SMILES string of the molecule is COc1ncccc1-c1cnc2ccc(N3CC[C@H](N(C)C(=O)OCC(F)(F)F)C3)nn12. The van der Waals surface area contributed by atoms with Crippen molar-refractivity contribution in [2.45, 2.75) is 18.6 Å². The number of hydrogen-bond donors (Lipinski definition) is 0. The first-order valence-corrected chi connectivity index (χ1v) is 9.82. The van der Waals surface area contributed by atoms with E-state index in [1.54, 1.807) is 23.0 Å². The molecule has 3 aromatic rings. The highest BCUT2D eigenvalue weighted by Crippen LogP contribution is 2.29. The van der Waals surface area contributed by atoms with E-state index in [4.69, 9.17) is 4.74 Å². The Kier molecular flexibility index (Phi) is 5.76. The number of rotatable bonds is 5. The summed E-state index contributed by atoms with van der Waals surface area (Å²) in [4.78, 5) is 23.7. The molecule has 0 spiro atoms. The van der Waals surface area contributed by atoms with E-state index < -0.39 is 18.9 Å². The highest BCUT2D eigenvalue weighted by molar-refractivity contribution is 5.69. The number of hydrogen-bond acceptors (Lipinski definition) is 7. The number of halogens is 3. The van der Waals surface area contributed by atoms with Crippen LogP contribution in [0.5, 0.6) is 5.88 Å². The summed E-state index contributed by atoms with van der Waals surface area (Å²) in [6.07, 6.45) is -1.67. The number of carbonyl (C=O) groups is 1. The molecule has 1 amide bonds. The maximum atomic E-state index is 12.3. The summed E-state index contributed by atoms with van der Waals surface area (Å²) in [5, 5.41) is 4.69. The number of fused-ring (bicyclic) bond motifs is 1. The van der Waals surface area contributed by atoms with Gasteiger partial charge in [-0.05, 0) is 30.7 Å². The van der Waals surface area contributed by atoms with E-state index >= 15 is 0 Å². The van der Waals surface area contributed by atoms with Crippen LogP contribution in [-0.2, 0) is 4.74 Å². The van der Waals surface area contributed by atoms with Crippen molar-refractivity contribution in [3.8, 4) is 17.1 Å². The number of carbonyl (C=O) groups excluding carboxylic acids is 1. The van der Waals surface area contributed by atoms with Gasteiger partial charge in [0, 0.05) is 26.3 Å². The van der Waals surface area contributed by atoms with Gasteiger partial charge < -0.3 is 19.3 Å². The van der Waals surface area contributed by atoms with Gasteiger partial charge in [0.1, 0.15) is 5.82 Å². The summed E-state index contributed by atoms with van der Waals surface area (Å²) in [6, 6.07) is 6.99. The minimum absolute atomic E-state index is 0.297. The van der Waals surface area contributed by atoms with Crippen molar-refractivity contribution in [2.24, 2.45) is 0 Å². The zero-order valence-corrected chi connectivity index (χ0v) is 17.4. The Morgan fingerprint density at radius 3 is 2.84 bits per heavy atom. The predicted octanol–water partition coefficient (Wildman–Crippen LogP) is 3.01. The lowest BCUT2D eigenvalue weighted by Gasteiger charge is -2.24. The van der Waals surface area contributed by atoms with Crippen LogP contribution in [0.2, 0.25) is 0 Å². The van der Waals surface area contributed by atoms with Crippen LogP contribution in [0.3, 0.4) is 0 Å². The summed E-state index contributed by atoms with van der Waals surface area (Å²) < 4.78 is 48.3. The maximum absolute atomic E-state index is 12.3. The molecule has 0 N–H and O–H groups in total. The van der Waals surface area contributed by atoms with Gasteiger partial charge >= 0.3 is 12.3 Å². The third-order valence-electron chi connectivity index (χ3n) is 5.27. The number of nitrogens with zero attached hydrogens (tertiary/aromatic N) is 6. The lowest BCUT2D eigenvalue weighted by Crippen LogP contribution is -2.40. The van der Waals surface area contributed by atoms with Gasteiger partial charge in [-0.15, -0.1) is 5.10 Å². The number of imidazole rings is 1. The average molecular weight is 450 g/mol. The number of ether oxygens (including phenoxy) is 2. The van der Waals surface area contributed by atoms with Crippen molar-refractivity contribution in [1.82, 2.24) is 24.5 Å². The first kappa shape index (κ1) is 21.7. The lowest BCUT2D eigenvalue weighted by molar-refractivity contribution is -0.162. The molecule has 170 valence electrons. The van der Waals surface area contributed by atoms with Crippen molar-refractivity contribution < 1.29 is 27.4 Å². The summed E-state index contributed by atoms with van der Waals surface area (Å²) in [5.41, 5.74) is 2.08. The van der Waals surface area contributed by atoms with Gasteiger partial charge in [0.25, 0.3) is 0 Å². The zero-order valence-electron chi connectivity index (χ0n) is 17.4. The van der Waals surface area contributed by atoms with Gasteiger partial charge in [-0.25, -0.2) is 19.3 Å². The molecule has 4 heterocycles. The van der Waals surface area contributed by atoms with Crippen LogP contribution in [0, 0.1) is 0 Å². The summed E-state index contributed by atoms with van der Waals surface area (Å²) in [5.74, 6) is 1.10. The Bertz CT molecular complexity index is 1120. The van der Waals surface area contributed by atoms with Gasteiger partial charge in [-0.2, -0.15) is 13.2 Å². The van der Waals surface area contributed by atoms with Crippen molar-refractivity contribution in [3.05, 3.63) is 36.7 Å². The molecule has 1 saturated heterocycles. The fourth-order valence-electron chi connectivity index (χ4n) is 3.62. The summed E-state index contributed by atoms with van der Waals surface area (Å²) in [6.45, 7) is -0.608. The number of aromatic nitrogens is 4. The monoisotopic (exact) mass is 450 g/mol. The van der Waals surface area contributed by atoms with Gasteiger partial charge in [0.05, 0.1) is 30.6 Å². The molecule has 0 bridgehead atoms. The number of alkyl halides is 3. The highest BCUT2D eigenvalue weighted by atomic mass is 19.4. The normalized spacial score (nSPS) is 16.4. The van der Waals surface area contributed by atoms with Crippen molar-refractivity contribution in [2.75, 3.05) is 38.8 Å². The second-order valence-corrected chi connectivity index (χ2v) is 7.33. The fourth-order valence-corrected chi connectivity index (χ4v) is 3.62. The molecule has 32 heavy (non-hydrogen) atoms. The Balaban J connectivity index is 1.52. The minimum atomic E-state index is -4.56. The Morgan fingerprint density at radius 2 is 2.09 bits per heavy atom. The zero-order chi connectivity index (χ0) is 22.9. The highest BCUT2D eigenvalue weighted by Gasteiger charge is 2.34. The molecule has 1 fully saturated rings. The van der Waals surface area contributed by atoms with Crippen molar-refractivity contribution in [3.63, 3.8) is 0 Å². The molecule has 0 radical (unpaired) electrons. The van der Waals surface area contributed by atoms with Crippen LogP contribution in [0.25, 0.3) is 16.9 Å². The second-order valence-electron chi connectivity index (χ2n) is 7.33. The fraction of sp³-hybridized carbons (Fsp3) is 0.400. The molecule has 4 rings (SSSR count). The van der Waals surface area contributed by atoms with E-state index in [1.807, 2.05) is 23.1 Å². The van der Waals surface area contributed by atoms with E-state index in [-0.39, 0.29) is 6.04 Å². The van der Waals surface area contributed by atoms with Crippen LogP contribution < -0.4 is 9.64 Å². The molecule has 12 heteroatoms. The number of methoxy groups -OCH3 is 1. The number of likely N-dealkylation sites (N-methyl/N-ethyl adjacent to an activating group) is 1. The van der Waals surface area contributed by atoms with Crippen LogP contribution >= 0.6 is 0 Å². The van der Waals surface area contributed by atoms with E-state index in [0.717, 1.165) is 5.56 Å². The quantitative estimate of drug-likeness (QED) is 0.591. The number of pyridine rings is 1. The second kappa shape index (κ2) is 8.52. The van der Waals surface area contributed by atoms with E-state index in [1.165, 1.54) is 19.1 Å². The largest absolute Gasteiger partial charge is 0.481 e. The lowest BCUT2D eigenvalue weighted by atomic mass is 10.2. The van der Waals surface area contributed by atoms with Gasteiger partial charge in [0.2, 0.25) is 5.88 Å². The third kappa shape index (κ3) is 4.39. The molecule has 0 aliphatic carbocycles. The van der Waals surface area contributed by atoms with E-state index in [0.29, 0.717) is 42.5 Å². The van der Waals surface area contributed by atoms with Gasteiger partial charge in [-0.1, -0.05) is 0 Å². The predicted molar refractivity (Wildman–Crippen MR) is 109 cm³/mol. The van der Waals surface area contributed by atoms with Gasteiger partial charge in [-0.3, -0.25) is 0 Å². The number of amides is 1. The number of anilines is 1. The molecule has 1 aliphatic heterocycles. The molecule has 1 atom stereocenters. The molecule has 1 aliphatic rings. The smallest absolute Gasteiger partial charge is 0.422 e. The molecular weight excluding hydrogens is 429 g/mol. The minimum Gasteiger partial charge on any atom is -0.481 e. The standard InChI is InChI=1S/C20H21F3N6O3/c1-27(19(30)32-12-20(21,22)23)13-7-9-28(11-13)17-6-5-16-25-10-15(29(16)26-17)14-4-3-8-24-18(14)31-2/h3-6,8,10,13H,7,9,11-12H2,1-2H3/t13-/m0/s1. The molecule has 0 saturated carbocycles. The third-order valence-corrected chi connectivity index (χ3v) is 5.27. The summed E-state index contributed by atoms with van der Waals surface area (Å²) in [7, 11) is 2.97. The summed E-state index contributed by atoms with van der Waals surface area (Å²) >= 11 is 0. The first-order chi connectivity index (χ1) is 15.3. The Hall–Kier alpha value is -3.57. The Morgan fingerprint density at radius 1 is 1.28 bits per heavy atom. The molecule has 0 unspecified atom stereocenters. The van der Waals surface area contributed by atoms with E-state index in [2.05, 4.69) is 19.8 Å². The van der Waals surface area contributed by atoms with Gasteiger partial charge in [0.15, 0.2) is 12.3 Å². The molecule has 0 aromatic carbocycles. The van der Waals surface area contributed by atoms with Crippen LogP contribution in [0.4, 0.5) is 23.8 Å². The Labute approximate surface area is 181 Å². The first-order valence-electron chi connectivity index (χ1n) is 9.82.